The number of piperidine rings is 2. The minimum Gasteiger partial charge on any atom is -0.329 e. The molecule has 4 nitrogen and oxygen atoms in total. The van der Waals surface area contributed by atoms with Crippen LogP contribution in [0.2, 0.25) is 0 Å². The number of hydrogen-bond acceptors (Lipinski definition) is 4. The summed E-state index contributed by atoms with van der Waals surface area (Å²) in [4.78, 5) is 7.83. The first kappa shape index (κ1) is 15.7. The zero-order valence-corrected chi connectivity index (χ0v) is 14.1. The Hall–Kier alpha value is -0.160. The van der Waals surface area contributed by atoms with E-state index < -0.39 is 0 Å². The van der Waals surface area contributed by atoms with Gasteiger partial charge >= 0.3 is 0 Å². The molecule has 2 atom stereocenters. The maximum atomic E-state index is 6.30. The van der Waals surface area contributed by atoms with Crippen LogP contribution in [0.25, 0.3) is 0 Å². The van der Waals surface area contributed by atoms with Crippen molar-refractivity contribution in [2.24, 2.45) is 11.7 Å². The molecule has 0 spiro atoms. The molecule has 3 aliphatic heterocycles. The molecule has 21 heavy (non-hydrogen) atoms. The smallest absolute Gasteiger partial charge is 0.0358 e. The highest BCUT2D eigenvalue weighted by molar-refractivity contribution is 5.02. The van der Waals surface area contributed by atoms with Crippen LogP contribution >= 0.6 is 0 Å². The SMILES string of the molecule is CN(C)CC1CCN(C2(CN)CCN3CCCC3C2)CC1. The second-order valence-corrected chi connectivity index (χ2v) is 7.91. The zero-order valence-electron chi connectivity index (χ0n) is 14.1. The maximum Gasteiger partial charge on any atom is 0.0358 e. The molecule has 122 valence electrons. The number of nitrogens with zero attached hydrogens (tertiary/aromatic N) is 3. The topological polar surface area (TPSA) is 35.7 Å². The molecule has 2 N–H and O–H groups in total. The summed E-state index contributed by atoms with van der Waals surface area (Å²) in [6.45, 7) is 7.25. The van der Waals surface area contributed by atoms with Gasteiger partial charge in [0.2, 0.25) is 0 Å². The number of fused-ring (bicyclic) bond motifs is 1. The molecule has 0 saturated carbocycles. The third-order valence-electron chi connectivity index (χ3n) is 6.27. The van der Waals surface area contributed by atoms with E-state index in [2.05, 4.69) is 28.8 Å². The van der Waals surface area contributed by atoms with Gasteiger partial charge in [0, 0.05) is 31.2 Å². The number of hydrogen-bond donors (Lipinski definition) is 1. The molecular weight excluding hydrogens is 260 g/mol. The van der Waals surface area contributed by atoms with Gasteiger partial charge in [-0.15, -0.1) is 0 Å². The molecule has 3 heterocycles. The third kappa shape index (κ3) is 3.29. The molecule has 3 rings (SSSR count). The van der Waals surface area contributed by atoms with Crippen molar-refractivity contribution in [2.45, 2.75) is 50.1 Å². The highest BCUT2D eigenvalue weighted by atomic mass is 15.3. The first-order valence-corrected chi connectivity index (χ1v) is 8.97. The van der Waals surface area contributed by atoms with Gasteiger partial charge < -0.3 is 15.5 Å². The normalized spacial score (nSPS) is 36.3. The average Bonchev–Trinajstić information content (AvgIpc) is 2.94. The molecule has 0 aromatic carbocycles. The van der Waals surface area contributed by atoms with E-state index in [0.717, 1.165) is 18.5 Å². The van der Waals surface area contributed by atoms with Gasteiger partial charge in [0.25, 0.3) is 0 Å². The summed E-state index contributed by atoms with van der Waals surface area (Å²) in [6.07, 6.45) is 8.12. The minimum atomic E-state index is 0.314. The number of rotatable bonds is 4. The Morgan fingerprint density at radius 2 is 1.86 bits per heavy atom. The van der Waals surface area contributed by atoms with Gasteiger partial charge in [-0.1, -0.05) is 0 Å². The lowest BCUT2D eigenvalue weighted by molar-refractivity contribution is -0.0110. The standard InChI is InChI=1S/C17H34N4/c1-19(2)13-15-5-9-21(10-6-15)17(14-18)7-11-20-8-3-4-16(20)12-17/h15-16H,3-14,18H2,1-2H3. The summed E-state index contributed by atoms with van der Waals surface area (Å²) in [5, 5.41) is 0. The van der Waals surface area contributed by atoms with Gasteiger partial charge in [0.1, 0.15) is 0 Å². The van der Waals surface area contributed by atoms with Crippen molar-refractivity contribution in [3.8, 4) is 0 Å². The van der Waals surface area contributed by atoms with Crippen molar-refractivity contribution < 1.29 is 0 Å². The fraction of sp³-hybridized carbons (Fsp3) is 1.00. The van der Waals surface area contributed by atoms with Crippen molar-refractivity contribution in [3.05, 3.63) is 0 Å². The van der Waals surface area contributed by atoms with Crippen LogP contribution in [0.1, 0.15) is 38.5 Å². The first-order valence-electron chi connectivity index (χ1n) is 8.97. The van der Waals surface area contributed by atoms with E-state index in [4.69, 9.17) is 5.73 Å². The molecule has 3 aliphatic rings. The van der Waals surface area contributed by atoms with E-state index in [-0.39, 0.29) is 0 Å². The van der Waals surface area contributed by atoms with Gasteiger partial charge in [-0.2, -0.15) is 0 Å². The molecule has 0 bridgehead atoms. The lowest BCUT2D eigenvalue weighted by atomic mass is 9.79. The predicted octanol–water partition coefficient (Wildman–Crippen LogP) is 1.22. The van der Waals surface area contributed by atoms with E-state index in [9.17, 15) is 0 Å². The summed E-state index contributed by atoms with van der Waals surface area (Å²) in [6, 6.07) is 0.821. The van der Waals surface area contributed by atoms with Gasteiger partial charge in [0.15, 0.2) is 0 Å². The summed E-state index contributed by atoms with van der Waals surface area (Å²) in [7, 11) is 4.40. The Kier molecular flexibility index (Phi) is 4.89. The fourth-order valence-corrected chi connectivity index (χ4v) is 5.02. The monoisotopic (exact) mass is 294 g/mol. The van der Waals surface area contributed by atoms with Crippen molar-refractivity contribution in [2.75, 3.05) is 53.4 Å². The van der Waals surface area contributed by atoms with Crippen LogP contribution in [0, 0.1) is 5.92 Å². The van der Waals surface area contributed by atoms with Crippen molar-refractivity contribution in [3.63, 3.8) is 0 Å². The lowest BCUT2D eigenvalue weighted by Crippen LogP contribution is -2.62. The second kappa shape index (κ2) is 6.53. The second-order valence-electron chi connectivity index (χ2n) is 7.91. The van der Waals surface area contributed by atoms with Gasteiger partial charge in [-0.3, -0.25) is 4.90 Å². The van der Waals surface area contributed by atoms with Gasteiger partial charge in [-0.25, -0.2) is 0 Å². The Morgan fingerprint density at radius 1 is 1.10 bits per heavy atom. The van der Waals surface area contributed by atoms with Crippen LogP contribution in [0.15, 0.2) is 0 Å². The van der Waals surface area contributed by atoms with Crippen LogP contribution < -0.4 is 5.73 Å². The van der Waals surface area contributed by atoms with Crippen LogP contribution in [0.5, 0.6) is 0 Å². The third-order valence-corrected chi connectivity index (χ3v) is 6.27. The summed E-state index contributed by atoms with van der Waals surface area (Å²) >= 11 is 0. The van der Waals surface area contributed by atoms with Crippen LogP contribution in [0.4, 0.5) is 0 Å². The summed E-state index contributed by atoms with van der Waals surface area (Å²) in [5.74, 6) is 0.887. The maximum absolute atomic E-state index is 6.30. The zero-order chi connectivity index (χ0) is 14.9. The molecule has 3 fully saturated rings. The van der Waals surface area contributed by atoms with Gasteiger partial charge in [-0.05, 0) is 78.2 Å². The molecule has 3 saturated heterocycles. The minimum absolute atomic E-state index is 0.314. The molecule has 4 heteroatoms. The van der Waals surface area contributed by atoms with Crippen molar-refractivity contribution in [1.82, 2.24) is 14.7 Å². The Balaban J connectivity index is 1.59. The van der Waals surface area contributed by atoms with Crippen LogP contribution in [0.3, 0.4) is 0 Å². The Morgan fingerprint density at radius 3 is 2.52 bits per heavy atom. The number of nitrogens with two attached hydrogens (primary N) is 1. The number of likely N-dealkylation sites (tertiary alicyclic amines) is 1. The van der Waals surface area contributed by atoms with Crippen molar-refractivity contribution in [1.29, 1.82) is 0 Å². The van der Waals surface area contributed by atoms with Gasteiger partial charge in [0.05, 0.1) is 0 Å². The average molecular weight is 294 g/mol. The van der Waals surface area contributed by atoms with E-state index in [1.807, 2.05) is 0 Å². The molecule has 0 aromatic rings. The molecule has 0 radical (unpaired) electrons. The molecular formula is C17H34N4. The quantitative estimate of drug-likeness (QED) is 0.845. The Labute approximate surface area is 130 Å². The van der Waals surface area contributed by atoms with Crippen LogP contribution in [-0.4, -0.2) is 79.6 Å². The van der Waals surface area contributed by atoms with E-state index in [1.54, 1.807) is 0 Å². The molecule has 2 unspecified atom stereocenters. The molecule has 0 aromatic heterocycles. The van der Waals surface area contributed by atoms with E-state index in [0.29, 0.717) is 5.54 Å². The van der Waals surface area contributed by atoms with E-state index in [1.165, 1.54) is 71.2 Å². The van der Waals surface area contributed by atoms with Crippen LogP contribution in [-0.2, 0) is 0 Å². The molecule has 0 aliphatic carbocycles. The highest BCUT2D eigenvalue weighted by Gasteiger charge is 2.44. The lowest BCUT2D eigenvalue weighted by Gasteiger charge is -2.52. The Bertz CT molecular complexity index is 338. The fourth-order valence-electron chi connectivity index (χ4n) is 5.02. The van der Waals surface area contributed by atoms with Crippen molar-refractivity contribution >= 4 is 0 Å². The summed E-state index contributed by atoms with van der Waals surface area (Å²) < 4.78 is 0. The first-order chi connectivity index (χ1) is 10.1. The summed E-state index contributed by atoms with van der Waals surface area (Å²) in [5.41, 5.74) is 6.61. The predicted molar refractivity (Wildman–Crippen MR) is 88.5 cm³/mol. The van der Waals surface area contributed by atoms with E-state index >= 15 is 0 Å². The largest absolute Gasteiger partial charge is 0.329 e. The molecule has 0 amide bonds. The highest BCUT2D eigenvalue weighted by Crippen LogP contribution is 2.38.